The Balaban J connectivity index is 2.57. The Bertz CT molecular complexity index is 294. The Morgan fingerprint density at radius 2 is 1.94 bits per heavy atom. The number of rotatable bonds is 5. The van der Waals surface area contributed by atoms with E-state index >= 15 is 0 Å². The average molecular weight is 255 g/mol. The second-order valence-corrected chi connectivity index (χ2v) is 4.86. The first-order chi connectivity index (χ1) is 8.60. The van der Waals surface area contributed by atoms with E-state index in [9.17, 15) is 9.59 Å². The molecule has 5 nitrogen and oxygen atoms in total. The van der Waals surface area contributed by atoms with Crippen molar-refractivity contribution in [2.75, 3.05) is 19.6 Å². The van der Waals surface area contributed by atoms with Crippen molar-refractivity contribution >= 4 is 11.8 Å². The van der Waals surface area contributed by atoms with Crippen LogP contribution in [0, 0.1) is 5.92 Å². The first kappa shape index (κ1) is 15.0. The molecule has 0 aromatic heterocycles. The highest BCUT2D eigenvalue weighted by atomic mass is 16.2. The summed E-state index contributed by atoms with van der Waals surface area (Å²) < 4.78 is 0. The summed E-state index contributed by atoms with van der Waals surface area (Å²) in [6, 6.07) is -0.0467. The Morgan fingerprint density at radius 3 is 2.50 bits per heavy atom. The van der Waals surface area contributed by atoms with E-state index in [-0.39, 0.29) is 30.3 Å². The van der Waals surface area contributed by atoms with Gasteiger partial charge in [-0.25, -0.2) is 0 Å². The number of likely N-dealkylation sites (N-methyl/N-ethyl adjacent to an activating group) is 2. The molecular weight excluding hydrogens is 230 g/mol. The molecular formula is C13H25N3O2. The minimum Gasteiger partial charge on any atom is -0.355 e. The van der Waals surface area contributed by atoms with Crippen LogP contribution in [0.3, 0.4) is 0 Å². The first-order valence-corrected chi connectivity index (χ1v) is 6.91. The largest absolute Gasteiger partial charge is 0.355 e. The maximum absolute atomic E-state index is 12.3. The zero-order valence-corrected chi connectivity index (χ0v) is 11.4. The fourth-order valence-corrected chi connectivity index (χ4v) is 2.47. The molecule has 3 N–H and O–H groups in total. The summed E-state index contributed by atoms with van der Waals surface area (Å²) in [6.45, 7) is 5.05. The molecule has 0 spiro atoms. The summed E-state index contributed by atoms with van der Waals surface area (Å²) in [5.74, 6) is -0.166. The Morgan fingerprint density at radius 1 is 1.28 bits per heavy atom. The molecule has 0 aromatic carbocycles. The SMILES string of the molecule is CCNC(=O)CN(CC)C(=O)C1CCCCC1N. The summed E-state index contributed by atoms with van der Waals surface area (Å²) >= 11 is 0. The zero-order valence-electron chi connectivity index (χ0n) is 11.4. The van der Waals surface area contributed by atoms with Crippen LogP contribution in [0.5, 0.6) is 0 Å². The van der Waals surface area contributed by atoms with E-state index in [1.165, 1.54) is 0 Å². The van der Waals surface area contributed by atoms with Gasteiger partial charge in [0.25, 0.3) is 0 Å². The van der Waals surface area contributed by atoms with Crippen molar-refractivity contribution in [1.82, 2.24) is 10.2 Å². The lowest BCUT2D eigenvalue weighted by molar-refractivity contribution is -0.140. The van der Waals surface area contributed by atoms with Crippen LogP contribution in [-0.2, 0) is 9.59 Å². The minimum atomic E-state index is -0.104. The molecule has 2 unspecified atom stereocenters. The number of nitrogens with zero attached hydrogens (tertiary/aromatic N) is 1. The molecule has 5 heteroatoms. The number of amides is 2. The minimum absolute atomic E-state index is 0.0379. The van der Waals surface area contributed by atoms with E-state index in [1.54, 1.807) is 4.90 Å². The van der Waals surface area contributed by atoms with Gasteiger partial charge in [-0.15, -0.1) is 0 Å². The van der Waals surface area contributed by atoms with Gasteiger partial charge in [-0.2, -0.15) is 0 Å². The fourth-order valence-electron chi connectivity index (χ4n) is 2.47. The quantitative estimate of drug-likeness (QED) is 0.750. The maximum Gasteiger partial charge on any atom is 0.239 e. The van der Waals surface area contributed by atoms with Crippen LogP contribution in [0.4, 0.5) is 0 Å². The lowest BCUT2D eigenvalue weighted by atomic mass is 9.84. The average Bonchev–Trinajstić information content (AvgIpc) is 2.36. The number of nitrogens with two attached hydrogens (primary N) is 1. The van der Waals surface area contributed by atoms with Crippen LogP contribution >= 0.6 is 0 Å². The Labute approximate surface area is 109 Å². The van der Waals surface area contributed by atoms with Gasteiger partial charge in [0.15, 0.2) is 0 Å². The molecule has 104 valence electrons. The number of hydrogen-bond donors (Lipinski definition) is 2. The van der Waals surface area contributed by atoms with Crippen LogP contribution in [0.1, 0.15) is 39.5 Å². The number of carbonyl (C=O) groups is 2. The molecule has 1 aliphatic rings. The topological polar surface area (TPSA) is 75.4 Å². The van der Waals surface area contributed by atoms with Crippen molar-refractivity contribution in [3.8, 4) is 0 Å². The van der Waals surface area contributed by atoms with Gasteiger partial charge in [-0.05, 0) is 26.7 Å². The van der Waals surface area contributed by atoms with Gasteiger partial charge in [0.1, 0.15) is 0 Å². The summed E-state index contributed by atoms with van der Waals surface area (Å²) in [4.78, 5) is 25.5. The summed E-state index contributed by atoms with van der Waals surface area (Å²) in [5.41, 5.74) is 6.01. The van der Waals surface area contributed by atoms with Crippen molar-refractivity contribution in [3.63, 3.8) is 0 Å². The van der Waals surface area contributed by atoms with Crippen LogP contribution in [0.15, 0.2) is 0 Å². The van der Waals surface area contributed by atoms with Crippen molar-refractivity contribution in [2.45, 2.75) is 45.6 Å². The molecule has 0 bridgehead atoms. The number of carbonyl (C=O) groups excluding carboxylic acids is 2. The van der Waals surface area contributed by atoms with E-state index in [1.807, 2.05) is 13.8 Å². The Hall–Kier alpha value is -1.10. The standard InChI is InChI=1S/C13H25N3O2/c1-3-15-12(17)9-16(4-2)13(18)10-7-5-6-8-11(10)14/h10-11H,3-9,14H2,1-2H3,(H,15,17). The summed E-state index contributed by atoms with van der Waals surface area (Å²) in [6.07, 6.45) is 3.93. The molecule has 0 heterocycles. The monoisotopic (exact) mass is 255 g/mol. The van der Waals surface area contributed by atoms with Crippen LogP contribution in [0.25, 0.3) is 0 Å². The number of nitrogens with one attached hydrogen (secondary N) is 1. The second kappa shape index (κ2) is 7.36. The van der Waals surface area contributed by atoms with Gasteiger partial charge in [-0.1, -0.05) is 12.8 Å². The molecule has 1 aliphatic carbocycles. The molecule has 0 radical (unpaired) electrons. The van der Waals surface area contributed by atoms with Gasteiger partial charge in [-0.3, -0.25) is 9.59 Å². The smallest absolute Gasteiger partial charge is 0.239 e. The molecule has 18 heavy (non-hydrogen) atoms. The van der Waals surface area contributed by atoms with E-state index in [4.69, 9.17) is 5.73 Å². The van der Waals surface area contributed by atoms with Crippen molar-refractivity contribution in [3.05, 3.63) is 0 Å². The molecule has 2 atom stereocenters. The third-order valence-electron chi connectivity index (χ3n) is 3.54. The van der Waals surface area contributed by atoms with E-state index in [2.05, 4.69) is 5.32 Å². The molecule has 0 aromatic rings. The van der Waals surface area contributed by atoms with Gasteiger partial charge in [0, 0.05) is 19.1 Å². The lowest BCUT2D eigenvalue weighted by Crippen LogP contribution is -2.48. The van der Waals surface area contributed by atoms with E-state index in [0.29, 0.717) is 13.1 Å². The van der Waals surface area contributed by atoms with Crippen LogP contribution in [0.2, 0.25) is 0 Å². The maximum atomic E-state index is 12.3. The molecule has 0 aliphatic heterocycles. The predicted octanol–water partition coefficient (Wildman–Crippen LogP) is 0.489. The zero-order chi connectivity index (χ0) is 13.5. The third-order valence-corrected chi connectivity index (χ3v) is 3.54. The number of hydrogen-bond acceptors (Lipinski definition) is 3. The molecule has 0 saturated heterocycles. The molecule has 1 saturated carbocycles. The lowest BCUT2D eigenvalue weighted by Gasteiger charge is -2.32. The van der Waals surface area contributed by atoms with Gasteiger partial charge in [0.05, 0.1) is 12.5 Å². The van der Waals surface area contributed by atoms with Crippen molar-refractivity contribution in [2.24, 2.45) is 11.7 Å². The second-order valence-electron chi connectivity index (χ2n) is 4.86. The van der Waals surface area contributed by atoms with Crippen molar-refractivity contribution in [1.29, 1.82) is 0 Å². The highest BCUT2D eigenvalue weighted by molar-refractivity contribution is 5.86. The molecule has 1 rings (SSSR count). The summed E-state index contributed by atoms with van der Waals surface area (Å²) in [5, 5.41) is 2.72. The summed E-state index contributed by atoms with van der Waals surface area (Å²) in [7, 11) is 0. The normalized spacial score (nSPS) is 23.5. The third kappa shape index (κ3) is 3.98. The van der Waals surface area contributed by atoms with E-state index < -0.39 is 0 Å². The van der Waals surface area contributed by atoms with Gasteiger partial charge < -0.3 is 16.0 Å². The molecule has 1 fully saturated rings. The molecule has 2 amide bonds. The van der Waals surface area contributed by atoms with Crippen molar-refractivity contribution < 1.29 is 9.59 Å². The highest BCUT2D eigenvalue weighted by Crippen LogP contribution is 2.24. The first-order valence-electron chi connectivity index (χ1n) is 6.91. The Kier molecular flexibility index (Phi) is 6.12. The van der Waals surface area contributed by atoms with Gasteiger partial charge >= 0.3 is 0 Å². The van der Waals surface area contributed by atoms with Crippen LogP contribution < -0.4 is 11.1 Å². The van der Waals surface area contributed by atoms with Crippen LogP contribution in [-0.4, -0.2) is 42.4 Å². The predicted molar refractivity (Wildman–Crippen MR) is 70.9 cm³/mol. The van der Waals surface area contributed by atoms with Gasteiger partial charge in [0.2, 0.25) is 11.8 Å². The van der Waals surface area contributed by atoms with E-state index in [0.717, 1.165) is 25.7 Å². The highest BCUT2D eigenvalue weighted by Gasteiger charge is 2.31. The fraction of sp³-hybridized carbons (Fsp3) is 0.846.